The largest absolute Gasteiger partial charge is 0.348 e. The highest BCUT2D eigenvalue weighted by atomic mass is 32.1. The topological polar surface area (TPSA) is 50.2 Å². The Morgan fingerprint density at radius 1 is 1.23 bits per heavy atom. The molecule has 2 aromatic heterocycles. The molecule has 0 radical (unpaired) electrons. The Kier molecular flexibility index (Phi) is 5.13. The van der Waals surface area contributed by atoms with E-state index in [9.17, 15) is 4.79 Å². The number of benzene rings is 1. The molecule has 5 nitrogen and oxygen atoms in total. The molecule has 0 bridgehead atoms. The highest BCUT2D eigenvalue weighted by Gasteiger charge is 2.23. The quantitative estimate of drug-likeness (QED) is 0.754. The van der Waals surface area contributed by atoms with E-state index < -0.39 is 0 Å². The van der Waals surface area contributed by atoms with Gasteiger partial charge < -0.3 is 5.32 Å². The standard InChI is InChI=1S/C20H22N4OS/c25-20(18-8-1-2-9-19(18)24-12-5-10-21-24)22-16-6-3-11-23(14-16)15-17-7-4-13-26-17/h1-2,4-5,7-10,12-13,16H,3,6,11,14-15H2,(H,22,25). The summed E-state index contributed by atoms with van der Waals surface area (Å²) in [5.41, 5.74) is 1.47. The maximum absolute atomic E-state index is 12.9. The lowest BCUT2D eigenvalue weighted by molar-refractivity contribution is 0.0901. The molecule has 3 heterocycles. The molecule has 0 saturated carbocycles. The molecule has 1 atom stereocenters. The van der Waals surface area contributed by atoms with Crippen LogP contribution in [0.1, 0.15) is 28.1 Å². The number of amides is 1. The third-order valence-electron chi connectivity index (χ3n) is 4.70. The van der Waals surface area contributed by atoms with Crippen LogP contribution in [0.5, 0.6) is 0 Å². The van der Waals surface area contributed by atoms with Gasteiger partial charge in [-0.3, -0.25) is 9.69 Å². The summed E-state index contributed by atoms with van der Waals surface area (Å²) >= 11 is 1.79. The third-order valence-corrected chi connectivity index (χ3v) is 5.56. The Morgan fingerprint density at radius 2 is 2.15 bits per heavy atom. The molecule has 134 valence electrons. The van der Waals surface area contributed by atoms with Crippen molar-refractivity contribution in [1.29, 1.82) is 0 Å². The average Bonchev–Trinajstić information content (AvgIpc) is 3.36. The lowest BCUT2D eigenvalue weighted by atomic mass is 10.0. The minimum atomic E-state index is -0.0286. The number of para-hydroxylation sites is 1. The van der Waals surface area contributed by atoms with E-state index in [2.05, 4.69) is 32.8 Å². The van der Waals surface area contributed by atoms with Crippen LogP contribution in [0, 0.1) is 0 Å². The Labute approximate surface area is 157 Å². The number of nitrogens with zero attached hydrogens (tertiary/aromatic N) is 3. The number of nitrogens with one attached hydrogen (secondary N) is 1. The van der Waals surface area contributed by atoms with E-state index in [1.54, 1.807) is 22.2 Å². The number of carbonyl (C=O) groups excluding carboxylic acids is 1. The first-order valence-corrected chi connectivity index (χ1v) is 9.82. The van der Waals surface area contributed by atoms with Crippen LogP contribution >= 0.6 is 11.3 Å². The van der Waals surface area contributed by atoms with Gasteiger partial charge in [-0.1, -0.05) is 18.2 Å². The van der Waals surface area contributed by atoms with E-state index in [1.807, 2.05) is 36.5 Å². The van der Waals surface area contributed by atoms with Crippen LogP contribution in [0.3, 0.4) is 0 Å². The van der Waals surface area contributed by atoms with Gasteiger partial charge in [0.05, 0.1) is 11.3 Å². The normalized spacial score (nSPS) is 17.9. The number of likely N-dealkylation sites (tertiary alicyclic amines) is 1. The predicted molar refractivity (Wildman–Crippen MR) is 104 cm³/mol. The van der Waals surface area contributed by atoms with E-state index in [0.29, 0.717) is 5.56 Å². The van der Waals surface area contributed by atoms with E-state index in [0.717, 1.165) is 38.2 Å². The average molecular weight is 366 g/mol. The summed E-state index contributed by atoms with van der Waals surface area (Å²) in [5, 5.41) is 9.60. The molecule has 26 heavy (non-hydrogen) atoms. The van der Waals surface area contributed by atoms with Gasteiger partial charge in [-0.05, 0) is 49.0 Å². The summed E-state index contributed by atoms with van der Waals surface area (Å²) < 4.78 is 1.73. The summed E-state index contributed by atoms with van der Waals surface area (Å²) in [6.45, 7) is 2.95. The molecule has 4 rings (SSSR count). The molecule has 1 unspecified atom stereocenters. The monoisotopic (exact) mass is 366 g/mol. The Morgan fingerprint density at radius 3 is 2.96 bits per heavy atom. The number of thiophene rings is 1. The second-order valence-electron chi connectivity index (χ2n) is 6.59. The highest BCUT2D eigenvalue weighted by molar-refractivity contribution is 7.09. The molecule has 1 aliphatic rings. The molecule has 1 amide bonds. The Hall–Kier alpha value is -2.44. The minimum Gasteiger partial charge on any atom is -0.348 e. The molecule has 0 aliphatic carbocycles. The van der Waals surface area contributed by atoms with Crippen LogP contribution in [0.25, 0.3) is 5.69 Å². The van der Waals surface area contributed by atoms with Gasteiger partial charge in [-0.15, -0.1) is 11.3 Å². The summed E-state index contributed by atoms with van der Waals surface area (Å²) in [6.07, 6.45) is 5.71. The van der Waals surface area contributed by atoms with E-state index in [1.165, 1.54) is 4.88 Å². The Bertz CT molecular complexity index is 845. The zero-order chi connectivity index (χ0) is 17.8. The van der Waals surface area contributed by atoms with Crippen molar-refractivity contribution >= 4 is 17.2 Å². The predicted octanol–water partition coefficient (Wildman–Crippen LogP) is 3.33. The first-order chi connectivity index (χ1) is 12.8. The number of piperidine rings is 1. The van der Waals surface area contributed by atoms with Gasteiger partial charge in [0.25, 0.3) is 5.91 Å². The van der Waals surface area contributed by atoms with Crippen LogP contribution in [0.4, 0.5) is 0 Å². The molecular formula is C20H22N4OS. The first kappa shape index (κ1) is 17.0. The smallest absolute Gasteiger partial charge is 0.253 e. The maximum atomic E-state index is 12.9. The van der Waals surface area contributed by atoms with Gasteiger partial charge >= 0.3 is 0 Å². The number of hydrogen-bond donors (Lipinski definition) is 1. The van der Waals surface area contributed by atoms with Gasteiger partial charge in [0.1, 0.15) is 0 Å². The van der Waals surface area contributed by atoms with Crippen molar-refractivity contribution in [3.63, 3.8) is 0 Å². The molecule has 0 spiro atoms. The zero-order valence-corrected chi connectivity index (χ0v) is 15.4. The molecular weight excluding hydrogens is 344 g/mol. The lowest BCUT2D eigenvalue weighted by Gasteiger charge is -2.33. The number of rotatable bonds is 5. The second kappa shape index (κ2) is 7.85. The summed E-state index contributed by atoms with van der Waals surface area (Å²) in [7, 11) is 0. The molecule has 1 fully saturated rings. The number of aromatic nitrogens is 2. The van der Waals surface area contributed by atoms with Crippen molar-refractivity contribution in [2.45, 2.75) is 25.4 Å². The fourth-order valence-corrected chi connectivity index (χ4v) is 4.23. The first-order valence-electron chi connectivity index (χ1n) is 8.94. The van der Waals surface area contributed by atoms with E-state index in [4.69, 9.17) is 0 Å². The van der Waals surface area contributed by atoms with Gasteiger partial charge in [0.15, 0.2) is 0 Å². The molecule has 1 saturated heterocycles. The zero-order valence-electron chi connectivity index (χ0n) is 14.5. The number of hydrogen-bond acceptors (Lipinski definition) is 4. The van der Waals surface area contributed by atoms with Gasteiger partial charge in [-0.2, -0.15) is 5.10 Å². The highest BCUT2D eigenvalue weighted by Crippen LogP contribution is 2.18. The van der Waals surface area contributed by atoms with Crippen LogP contribution in [-0.2, 0) is 6.54 Å². The van der Waals surface area contributed by atoms with Crippen molar-refractivity contribution < 1.29 is 4.79 Å². The molecule has 1 N–H and O–H groups in total. The fourth-order valence-electron chi connectivity index (χ4n) is 3.48. The van der Waals surface area contributed by atoms with Crippen LogP contribution in [-0.4, -0.2) is 39.7 Å². The van der Waals surface area contributed by atoms with E-state index >= 15 is 0 Å². The summed E-state index contributed by atoms with van der Waals surface area (Å²) in [4.78, 5) is 16.7. The SMILES string of the molecule is O=C(NC1CCCN(Cc2cccs2)C1)c1ccccc1-n1cccn1. The summed E-state index contributed by atoms with van der Waals surface area (Å²) in [6, 6.07) is 13.9. The van der Waals surface area contributed by atoms with E-state index in [-0.39, 0.29) is 11.9 Å². The van der Waals surface area contributed by atoms with Crippen molar-refractivity contribution in [2.24, 2.45) is 0 Å². The van der Waals surface area contributed by atoms with Crippen molar-refractivity contribution in [2.75, 3.05) is 13.1 Å². The summed E-state index contributed by atoms with van der Waals surface area (Å²) in [5.74, 6) is -0.0286. The molecule has 1 aliphatic heterocycles. The van der Waals surface area contributed by atoms with Crippen molar-refractivity contribution in [3.05, 3.63) is 70.7 Å². The minimum absolute atomic E-state index is 0.0286. The molecule has 6 heteroatoms. The van der Waals surface area contributed by atoms with Gasteiger partial charge in [0.2, 0.25) is 0 Å². The van der Waals surface area contributed by atoms with Gasteiger partial charge in [0, 0.05) is 36.4 Å². The third kappa shape index (κ3) is 3.86. The number of carbonyl (C=O) groups is 1. The maximum Gasteiger partial charge on any atom is 0.253 e. The van der Waals surface area contributed by atoms with Crippen LogP contribution in [0.2, 0.25) is 0 Å². The molecule has 3 aromatic rings. The van der Waals surface area contributed by atoms with Gasteiger partial charge in [-0.25, -0.2) is 4.68 Å². The van der Waals surface area contributed by atoms with Crippen LogP contribution < -0.4 is 5.32 Å². The van der Waals surface area contributed by atoms with Crippen molar-refractivity contribution in [3.8, 4) is 5.69 Å². The fraction of sp³-hybridized carbons (Fsp3) is 0.300. The Balaban J connectivity index is 1.43. The van der Waals surface area contributed by atoms with Crippen molar-refractivity contribution in [1.82, 2.24) is 20.0 Å². The second-order valence-corrected chi connectivity index (χ2v) is 7.63. The van der Waals surface area contributed by atoms with Crippen LogP contribution in [0.15, 0.2) is 60.2 Å². The lowest BCUT2D eigenvalue weighted by Crippen LogP contribution is -2.47. The molecule has 1 aromatic carbocycles.